The van der Waals surface area contributed by atoms with Gasteiger partial charge in [-0.2, -0.15) is 0 Å². The number of hydrogen-bond acceptors (Lipinski definition) is 1. The fourth-order valence-corrected chi connectivity index (χ4v) is 1.76. The van der Waals surface area contributed by atoms with Gasteiger partial charge in [0.15, 0.2) is 0 Å². The van der Waals surface area contributed by atoms with Crippen molar-refractivity contribution in [2.24, 2.45) is 0 Å². The molecule has 0 bridgehead atoms. The summed E-state index contributed by atoms with van der Waals surface area (Å²) in [4.78, 5) is 11.3. The van der Waals surface area contributed by atoms with E-state index in [-0.39, 0.29) is 19.8 Å². The van der Waals surface area contributed by atoms with Crippen LogP contribution in [0.15, 0.2) is 30.3 Å². The molecule has 0 aliphatic heterocycles. The number of amides is 1. The maximum absolute atomic E-state index is 11.1. The van der Waals surface area contributed by atoms with Gasteiger partial charge in [-0.3, -0.25) is 0 Å². The van der Waals surface area contributed by atoms with Gasteiger partial charge in [0.2, 0.25) is 0 Å². The average molecular weight is 228 g/mol. The summed E-state index contributed by atoms with van der Waals surface area (Å²) >= 11 is 0.0792. The molecule has 64 valence electrons. The zero-order valence-electron chi connectivity index (χ0n) is 6.91. The van der Waals surface area contributed by atoms with Gasteiger partial charge >= 0.3 is 78.1 Å². The Morgan fingerprint density at radius 2 is 2.08 bits per heavy atom. The SMILES string of the molecule is CC[Se]C(=O)Nc1ccccc1. The molecule has 0 spiro atoms. The standard InChI is InChI=1S/C9H11NOSe/c1-2-12-9(11)10-8-6-4-3-5-7-8/h3-7H,2H2,1H3,(H,10,11). The molecule has 0 radical (unpaired) electrons. The van der Waals surface area contributed by atoms with Crippen LogP contribution in [0, 0.1) is 0 Å². The molecule has 1 amide bonds. The van der Waals surface area contributed by atoms with Crippen LogP contribution in [0.25, 0.3) is 0 Å². The van der Waals surface area contributed by atoms with Gasteiger partial charge < -0.3 is 0 Å². The number of hydrogen-bond donors (Lipinski definition) is 1. The van der Waals surface area contributed by atoms with E-state index in [0.717, 1.165) is 11.0 Å². The van der Waals surface area contributed by atoms with E-state index in [1.54, 1.807) is 0 Å². The van der Waals surface area contributed by atoms with Gasteiger partial charge in [0, 0.05) is 0 Å². The summed E-state index contributed by atoms with van der Waals surface area (Å²) < 4.78 is 0. The van der Waals surface area contributed by atoms with Crippen LogP contribution < -0.4 is 5.32 Å². The fraction of sp³-hybridized carbons (Fsp3) is 0.222. The Morgan fingerprint density at radius 1 is 1.42 bits per heavy atom. The fourth-order valence-electron chi connectivity index (χ4n) is 0.807. The Kier molecular flexibility index (Phi) is 3.85. The second-order valence-corrected chi connectivity index (χ2v) is 4.81. The Morgan fingerprint density at radius 3 is 2.67 bits per heavy atom. The summed E-state index contributed by atoms with van der Waals surface area (Å²) in [6.45, 7) is 2.02. The molecule has 0 fully saturated rings. The first-order valence-corrected chi connectivity index (χ1v) is 5.88. The van der Waals surface area contributed by atoms with Crippen LogP contribution in [0.4, 0.5) is 10.5 Å². The molecule has 0 heterocycles. The van der Waals surface area contributed by atoms with Gasteiger partial charge in [0.25, 0.3) is 0 Å². The van der Waals surface area contributed by atoms with E-state index in [4.69, 9.17) is 0 Å². The molecule has 0 saturated heterocycles. The van der Waals surface area contributed by atoms with Gasteiger partial charge in [0.1, 0.15) is 0 Å². The van der Waals surface area contributed by atoms with E-state index in [9.17, 15) is 4.79 Å². The Balaban J connectivity index is 2.47. The van der Waals surface area contributed by atoms with E-state index >= 15 is 0 Å². The summed E-state index contributed by atoms with van der Waals surface area (Å²) in [5, 5.41) is 3.78. The average Bonchev–Trinajstić information content (AvgIpc) is 2.06. The van der Waals surface area contributed by atoms with Gasteiger partial charge in [-0.05, 0) is 0 Å². The molecule has 1 rings (SSSR count). The van der Waals surface area contributed by atoms with Crippen LogP contribution in [0.2, 0.25) is 5.32 Å². The van der Waals surface area contributed by atoms with Crippen LogP contribution >= 0.6 is 0 Å². The van der Waals surface area contributed by atoms with Crippen LogP contribution in [-0.4, -0.2) is 19.8 Å². The first kappa shape index (κ1) is 9.30. The summed E-state index contributed by atoms with van der Waals surface area (Å²) in [7, 11) is 0. The van der Waals surface area contributed by atoms with Crippen LogP contribution in [0.3, 0.4) is 0 Å². The summed E-state index contributed by atoms with van der Waals surface area (Å²) in [5.41, 5.74) is 0.887. The molecular formula is C9H11NOSe. The predicted molar refractivity (Wildman–Crippen MR) is 51.7 cm³/mol. The van der Waals surface area contributed by atoms with Crippen molar-refractivity contribution in [2.75, 3.05) is 5.32 Å². The van der Waals surface area contributed by atoms with Gasteiger partial charge in [0.05, 0.1) is 0 Å². The monoisotopic (exact) mass is 229 g/mol. The van der Waals surface area contributed by atoms with Crippen molar-refractivity contribution in [1.29, 1.82) is 0 Å². The molecule has 0 aliphatic carbocycles. The number of para-hydroxylation sites is 1. The van der Waals surface area contributed by atoms with Crippen molar-refractivity contribution in [3.63, 3.8) is 0 Å². The predicted octanol–water partition coefficient (Wildman–Crippen LogP) is 2.36. The third-order valence-corrected chi connectivity index (χ3v) is 2.67. The Hall–Kier alpha value is -0.791. The number of carbonyl (C=O) groups excluding carboxylic acids is 1. The maximum atomic E-state index is 11.1. The van der Waals surface area contributed by atoms with E-state index in [1.807, 2.05) is 37.3 Å². The van der Waals surface area contributed by atoms with Crippen LogP contribution in [0.5, 0.6) is 0 Å². The zero-order chi connectivity index (χ0) is 8.81. The second-order valence-electron chi connectivity index (χ2n) is 2.21. The van der Waals surface area contributed by atoms with Crippen molar-refractivity contribution in [3.05, 3.63) is 30.3 Å². The topological polar surface area (TPSA) is 29.1 Å². The summed E-state index contributed by atoms with van der Waals surface area (Å²) in [5.74, 6) is 0. The van der Waals surface area contributed by atoms with Crippen molar-refractivity contribution in [1.82, 2.24) is 0 Å². The molecular weight excluding hydrogens is 217 g/mol. The van der Waals surface area contributed by atoms with Crippen molar-refractivity contribution >= 4 is 25.4 Å². The third kappa shape index (κ3) is 3.07. The molecule has 12 heavy (non-hydrogen) atoms. The van der Waals surface area contributed by atoms with Crippen LogP contribution in [-0.2, 0) is 0 Å². The number of anilines is 1. The van der Waals surface area contributed by atoms with Crippen molar-refractivity contribution in [3.8, 4) is 0 Å². The van der Waals surface area contributed by atoms with Crippen molar-refractivity contribution < 1.29 is 4.79 Å². The molecule has 1 N–H and O–H groups in total. The second kappa shape index (κ2) is 4.96. The molecule has 0 saturated carbocycles. The Bertz CT molecular complexity index is 248. The number of nitrogens with one attached hydrogen (secondary N) is 1. The zero-order valence-corrected chi connectivity index (χ0v) is 8.62. The summed E-state index contributed by atoms with van der Waals surface area (Å²) in [6.07, 6.45) is 0. The molecule has 1 aromatic carbocycles. The van der Waals surface area contributed by atoms with E-state index < -0.39 is 0 Å². The van der Waals surface area contributed by atoms with E-state index in [2.05, 4.69) is 5.32 Å². The minimum atomic E-state index is 0.0792. The van der Waals surface area contributed by atoms with Gasteiger partial charge in [-0.1, -0.05) is 0 Å². The third-order valence-electron chi connectivity index (χ3n) is 1.30. The molecule has 2 nitrogen and oxygen atoms in total. The minimum absolute atomic E-state index is 0.0792. The molecule has 0 atom stereocenters. The first-order chi connectivity index (χ1) is 5.83. The molecule has 3 heteroatoms. The quantitative estimate of drug-likeness (QED) is 0.790. The van der Waals surface area contributed by atoms with E-state index in [0.29, 0.717) is 0 Å². The normalized spacial score (nSPS) is 9.42. The molecule has 0 aliphatic rings. The Labute approximate surface area is 78.5 Å². The van der Waals surface area contributed by atoms with Gasteiger partial charge in [-0.25, -0.2) is 0 Å². The molecule has 0 unspecified atom stereocenters. The van der Waals surface area contributed by atoms with Crippen molar-refractivity contribution in [2.45, 2.75) is 12.2 Å². The molecule has 0 aromatic heterocycles. The molecule has 1 aromatic rings. The number of benzene rings is 1. The number of carbonyl (C=O) groups is 1. The first-order valence-electron chi connectivity index (χ1n) is 3.81. The van der Waals surface area contributed by atoms with E-state index in [1.165, 1.54) is 0 Å². The van der Waals surface area contributed by atoms with Gasteiger partial charge in [-0.15, -0.1) is 0 Å². The summed E-state index contributed by atoms with van der Waals surface area (Å²) in [6, 6.07) is 9.54. The number of rotatable bonds is 3. The van der Waals surface area contributed by atoms with Crippen LogP contribution in [0.1, 0.15) is 6.92 Å².